The highest BCUT2D eigenvalue weighted by atomic mass is 16.5. The minimum atomic E-state index is -0.251. The molecule has 3 aromatic rings. The van der Waals surface area contributed by atoms with Gasteiger partial charge in [0.05, 0.1) is 11.9 Å². The lowest BCUT2D eigenvalue weighted by Gasteiger charge is -2.09. The molecule has 1 amide bonds. The normalized spacial score (nSPS) is 10.3. The number of hydrogen-bond acceptors (Lipinski definition) is 4. The van der Waals surface area contributed by atoms with Crippen LogP contribution in [-0.2, 0) is 11.2 Å². The Kier molecular flexibility index (Phi) is 6.05. The van der Waals surface area contributed by atoms with E-state index in [0.29, 0.717) is 11.6 Å². The second-order valence-corrected chi connectivity index (χ2v) is 6.26. The number of aryl methyl sites for hydroxylation is 2. The van der Waals surface area contributed by atoms with Gasteiger partial charge in [0.2, 0.25) is 0 Å². The van der Waals surface area contributed by atoms with E-state index in [1.54, 1.807) is 12.3 Å². The summed E-state index contributed by atoms with van der Waals surface area (Å²) in [5, 5.41) is 6.01. The number of pyridine rings is 1. The Morgan fingerprint density at radius 3 is 2.30 bits per heavy atom. The standard InChI is InChI=1S/C22H23N3O2/c1-3-17-6-8-18(9-7-17)24-19-10-13-21(23-14-19)25-22(26)15-27-20-11-4-16(2)5-12-20/h4-14,24H,3,15H2,1-2H3,(H,23,25,26). The third kappa shape index (κ3) is 5.57. The van der Waals surface area contributed by atoms with Gasteiger partial charge in [0, 0.05) is 5.69 Å². The predicted molar refractivity (Wildman–Crippen MR) is 109 cm³/mol. The maximum absolute atomic E-state index is 12.0. The van der Waals surface area contributed by atoms with Gasteiger partial charge in [-0.1, -0.05) is 36.8 Å². The number of rotatable bonds is 7. The number of carbonyl (C=O) groups excluding carboxylic acids is 1. The Morgan fingerprint density at radius 1 is 0.963 bits per heavy atom. The molecule has 5 heteroatoms. The fourth-order valence-electron chi connectivity index (χ4n) is 2.49. The first-order chi connectivity index (χ1) is 13.1. The number of hydrogen-bond donors (Lipinski definition) is 2. The van der Waals surface area contributed by atoms with E-state index in [4.69, 9.17) is 4.74 Å². The largest absolute Gasteiger partial charge is 0.484 e. The first-order valence-electron chi connectivity index (χ1n) is 8.94. The van der Waals surface area contributed by atoms with Crippen LogP contribution in [0.4, 0.5) is 17.2 Å². The lowest BCUT2D eigenvalue weighted by atomic mass is 10.1. The van der Waals surface area contributed by atoms with Gasteiger partial charge < -0.3 is 15.4 Å². The summed E-state index contributed by atoms with van der Waals surface area (Å²) in [6.07, 6.45) is 2.70. The van der Waals surface area contributed by atoms with Crippen molar-refractivity contribution in [1.29, 1.82) is 0 Å². The van der Waals surface area contributed by atoms with Crippen molar-refractivity contribution < 1.29 is 9.53 Å². The number of nitrogens with zero attached hydrogens (tertiary/aromatic N) is 1. The molecular weight excluding hydrogens is 338 g/mol. The van der Waals surface area contributed by atoms with Gasteiger partial charge in [0.15, 0.2) is 6.61 Å². The molecule has 2 N–H and O–H groups in total. The minimum Gasteiger partial charge on any atom is -0.484 e. The van der Waals surface area contributed by atoms with Crippen LogP contribution < -0.4 is 15.4 Å². The average molecular weight is 361 g/mol. The molecule has 0 bridgehead atoms. The quantitative estimate of drug-likeness (QED) is 0.639. The monoisotopic (exact) mass is 361 g/mol. The van der Waals surface area contributed by atoms with Gasteiger partial charge in [-0.05, 0) is 55.3 Å². The van der Waals surface area contributed by atoms with Crippen molar-refractivity contribution in [1.82, 2.24) is 4.98 Å². The molecule has 27 heavy (non-hydrogen) atoms. The van der Waals surface area contributed by atoms with E-state index in [2.05, 4.69) is 34.7 Å². The zero-order valence-electron chi connectivity index (χ0n) is 15.5. The minimum absolute atomic E-state index is 0.0610. The Hall–Kier alpha value is -3.34. The van der Waals surface area contributed by atoms with Crippen LogP contribution in [0.2, 0.25) is 0 Å². The van der Waals surface area contributed by atoms with Crippen molar-refractivity contribution in [2.24, 2.45) is 0 Å². The van der Waals surface area contributed by atoms with Crippen LogP contribution in [0, 0.1) is 6.92 Å². The smallest absolute Gasteiger partial charge is 0.263 e. The molecule has 5 nitrogen and oxygen atoms in total. The van der Waals surface area contributed by atoms with Crippen LogP contribution in [0.3, 0.4) is 0 Å². The highest BCUT2D eigenvalue weighted by molar-refractivity contribution is 5.91. The SMILES string of the molecule is CCc1ccc(Nc2ccc(NC(=O)COc3ccc(C)cc3)nc2)cc1. The lowest BCUT2D eigenvalue weighted by Crippen LogP contribution is -2.20. The Balaban J connectivity index is 1.50. The van der Waals surface area contributed by atoms with Crippen LogP contribution in [0.15, 0.2) is 66.9 Å². The van der Waals surface area contributed by atoms with Gasteiger partial charge in [-0.3, -0.25) is 4.79 Å². The number of anilines is 3. The van der Waals surface area contributed by atoms with Crippen molar-refractivity contribution in [2.45, 2.75) is 20.3 Å². The second-order valence-electron chi connectivity index (χ2n) is 6.26. The summed E-state index contributed by atoms with van der Waals surface area (Å²) in [7, 11) is 0. The van der Waals surface area contributed by atoms with Crippen molar-refractivity contribution in [2.75, 3.05) is 17.2 Å². The van der Waals surface area contributed by atoms with Crippen molar-refractivity contribution >= 4 is 23.1 Å². The molecule has 0 aliphatic heterocycles. The Morgan fingerprint density at radius 2 is 1.67 bits per heavy atom. The summed E-state index contributed by atoms with van der Waals surface area (Å²) in [4.78, 5) is 16.3. The molecule has 0 radical (unpaired) electrons. The Bertz CT molecular complexity index is 873. The molecule has 3 rings (SSSR count). The molecule has 0 aliphatic rings. The van der Waals surface area contributed by atoms with Crippen LogP contribution >= 0.6 is 0 Å². The zero-order valence-corrected chi connectivity index (χ0v) is 15.5. The third-order valence-electron chi connectivity index (χ3n) is 4.07. The van der Waals surface area contributed by atoms with Gasteiger partial charge in [-0.2, -0.15) is 0 Å². The van der Waals surface area contributed by atoms with Gasteiger partial charge in [0.25, 0.3) is 5.91 Å². The zero-order chi connectivity index (χ0) is 19.1. The molecule has 138 valence electrons. The maximum atomic E-state index is 12.0. The molecule has 0 spiro atoms. The third-order valence-corrected chi connectivity index (χ3v) is 4.07. The fourth-order valence-corrected chi connectivity index (χ4v) is 2.49. The van der Waals surface area contributed by atoms with E-state index in [9.17, 15) is 4.79 Å². The highest BCUT2D eigenvalue weighted by Gasteiger charge is 2.05. The molecule has 1 aromatic heterocycles. The molecule has 0 saturated heterocycles. The summed E-state index contributed by atoms with van der Waals surface area (Å²) < 4.78 is 5.46. The fraction of sp³-hybridized carbons (Fsp3) is 0.182. The summed E-state index contributed by atoms with van der Waals surface area (Å²) >= 11 is 0. The maximum Gasteiger partial charge on any atom is 0.263 e. The van der Waals surface area contributed by atoms with Crippen molar-refractivity contribution in [3.63, 3.8) is 0 Å². The van der Waals surface area contributed by atoms with E-state index in [1.165, 1.54) is 5.56 Å². The number of amides is 1. The number of aromatic nitrogens is 1. The Labute approximate surface area is 159 Å². The van der Waals surface area contributed by atoms with Gasteiger partial charge >= 0.3 is 0 Å². The summed E-state index contributed by atoms with van der Waals surface area (Å²) in [5.74, 6) is 0.899. The molecule has 0 saturated carbocycles. The van der Waals surface area contributed by atoms with E-state index in [0.717, 1.165) is 23.4 Å². The number of nitrogens with one attached hydrogen (secondary N) is 2. The van der Waals surface area contributed by atoms with E-state index >= 15 is 0 Å². The number of carbonyl (C=O) groups is 1. The van der Waals surface area contributed by atoms with Crippen molar-refractivity contribution in [3.8, 4) is 5.75 Å². The second kappa shape index (κ2) is 8.85. The molecular formula is C22H23N3O2. The van der Waals surface area contributed by atoms with Crippen LogP contribution in [0.1, 0.15) is 18.1 Å². The average Bonchev–Trinajstić information content (AvgIpc) is 2.70. The summed E-state index contributed by atoms with van der Waals surface area (Å²) in [5.41, 5.74) is 4.29. The van der Waals surface area contributed by atoms with Gasteiger partial charge in [0.1, 0.15) is 11.6 Å². The van der Waals surface area contributed by atoms with Gasteiger partial charge in [-0.15, -0.1) is 0 Å². The molecule has 0 unspecified atom stereocenters. The molecule has 0 aliphatic carbocycles. The lowest BCUT2D eigenvalue weighted by molar-refractivity contribution is -0.118. The molecule has 0 fully saturated rings. The van der Waals surface area contributed by atoms with Crippen LogP contribution in [0.25, 0.3) is 0 Å². The molecule has 1 heterocycles. The van der Waals surface area contributed by atoms with Gasteiger partial charge in [-0.25, -0.2) is 4.98 Å². The van der Waals surface area contributed by atoms with Crippen molar-refractivity contribution in [3.05, 3.63) is 78.0 Å². The van der Waals surface area contributed by atoms with E-state index in [-0.39, 0.29) is 12.5 Å². The summed E-state index contributed by atoms with van der Waals surface area (Å²) in [6, 6.07) is 19.5. The first kappa shape index (κ1) is 18.5. The summed E-state index contributed by atoms with van der Waals surface area (Å²) in [6.45, 7) is 4.07. The first-order valence-corrected chi connectivity index (χ1v) is 8.94. The molecule has 2 aromatic carbocycles. The van der Waals surface area contributed by atoms with Crippen LogP contribution in [-0.4, -0.2) is 17.5 Å². The highest BCUT2D eigenvalue weighted by Crippen LogP contribution is 2.18. The number of benzene rings is 2. The predicted octanol–water partition coefficient (Wildman–Crippen LogP) is 4.71. The number of ether oxygens (including phenoxy) is 1. The van der Waals surface area contributed by atoms with E-state index < -0.39 is 0 Å². The van der Waals surface area contributed by atoms with Crippen LogP contribution in [0.5, 0.6) is 5.75 Å². The topological polar surface area (TPSA) is 63.2 Å². The van der Waals surface area contributed by atoms with E-state index in [1.807, 2.05) is 49.4 Å². The molecule has 0 atom stereocenters.